The molecule has 3 rings (SSSR count). The third-order valence-corrected chi connectivity index (χ3v) is 6.01. The van der Waals surface area contributed by atoms with E-state index in [2.05, 4.69) is 20.8 Å². The molecule has 0 amide bonds. The molecule has 0 spiro atoms. The number of aromatic nitrogens is 1. The molecule has 7 heteroatoms. The van der Waals surface area contributed by atoms with E-state index in [1.165, 1.54) is 7.11 Å². The number of fused-ring (bicyclic) bond motifs is 1. The quantitative estimate of drug-likeness (QED) is 0.592. The van der Waals surface area contributed by atoms with Crippen LogP contribution < -0.4 is 0 Å². The molecule has 0 radical (unpaired) electrons. The number of halogens is 1. The van der Waals surface area contributed by atoms with Gasteiger partial charge < -0.3 is 9.47 Å². The number of hydrogen-bond donors (Lipinski definition) is 0. The largest absolute Gasteiger partial charge is 0.466 e. The zero-order valence-corrected chi connectivity index (χ0v) is 20.0. The van der Waals surface area contributed by atoms with E-state index in [1.54, 1.807) is 4.57 Å². The van der Waals surface area contributed by atoms with Crippen molar-refractivity contribution in [2.24, 2.45) is 0 Å². The number of aryl methyl sites for hydroxylation is 1. The average molecular weight is 477 g/mol. The lowest BCUT2D eigenvalue weighted by atomic mass is 9.96. The van der Waals surface area contributed by atoms with Gasteiger partial charge in [0.05, 0.1) is 12.6 Å². The van der Waals surface area contributed by atoms with Crippen LogP contribution in [0.3, 0.4) is 0 Å². The molecule has 0 aliphatic carbocycles. The molecule has 0 saturated heterocycles. The minimum atomic E-state index is -0.577. The smallest absolute Gasteiger partial charge is 0.419 e. The van der Waals surface area contributed by atoms with E-state index in [4.69, 9.17) is 9.47 Å². The van der Waals surface area contributed by atoms with Crippen molar-refractivity contribution in [2.75, 3.05) is 20.7 Å². The van der Waals surface area contributed by atoms with E-state index < -0.39 is 5.60 Å². The number of carbonyl (C=O) groups excluding carboxylic acids is 2. The number of likely N-dealkylation sites (N-methyl/N-ethyl adjacent to an activating group) is 1. The molecule has 2 heterocycles. The number of ether oxygens (including phenoxy) is 2. The van der Waals surface area contributed by atoms with Gasteiger partial charge in [0.2, 0.25) is 0 Å². The number of benzene rings is 1. The molecule has 2 aromatic rings. The van der Waals surface area contributed by atoms with E-state index in [1.807, 2.05) is 59.1 Å². The standard InChI is InChI=1S/C23H29BrN2O4/c1-14-7-10-18(24)19-16(13-26(20(14)19)22(28)30-23(2,3)4)11-17-9-8-15(12-25(17)5)21(27)29-6/h7-8,10,13,17H,9,11-12H2,1-6H3/t17-/m0/s1. The summed E-state index contributed by atoms with van der Waals surface area (Å²) in [7, 11) is 3.41. The van der Waals surface area contributed by atoms with Crippen molar-refractivity contribution < 1.29 is 19.1 Å². The van der Waals surface area contributed by atoms with Crippen molar-refractivity contribution in [3.05, 3.63) is 45.6 Å². The summed E-state index contributed by atoms with van der Waals surface area (Å²) >= 11 is 3.67. The van der Waals surface area contributed by atoms with Gasteiger partial charge >= 0.3 is 12.1 Å². The molecule has 6 nitrogen and oxygen atoms in total. The molecule has 1 aliphatic rings. The van der Waals surface area contributed by atoms with Crippen LogP contribution in [-0.2, 0) is 20.7 Å². The van der Waals surface area contributed by atoms with Crippen molar-refractivity contribution in [1.82, 2.24) is 9.47 Å². The van der Waals surface area contributed by atoms with Crippen molar-refractivity contribution in [1.29, 1.82) is 0 Å². The summed E-state index contributed by atoms with van der Waals surface area (Å²) in [5.74, 6) is -0.278. The van der Waals surface area contributed by atoms with Gasteiger partial charge in [0.1, 0.15) is 5.60 Å². The Morgan fingerprint density at radius 3 is 2.57 bits per heavy atom. The van der Waals surface area contributed by atoms with Crippen LogP contribution >= 0.6 is 15.9 Å². The van der Waals surface area contributed by atoms with Crippen molar-refractivity contribution in [3.8, 4) is 0 Å². The maximum absolute atomic E-state index is 12.9. The minimum absolute atomic E-state index is 0.212. The Morgan fingerprint density at radius 1 is 1.27 bits per heavy atom. The summed E-state index contributed by atoms with van der Waals surface area (Å²) in [4.78, 5) is 26.9. The van der Waals surface area contributed by atoms with Gasteiger partial charge in [0.15, 0.2) is 0 Å². The normalized spacial score (nSPS) is 17.7. The predicted octanol–water partition coefficient (Wildman–Crippen LogP) is 4.84. The van der Waals surface area contributed by atoms with Gasteiger partial charge in [-0.1, -0.05) is 28.1 Å². The Morgan fingerprint density at radius 2 is 1.97 bits per heavy atom. The summed E-state index contributed by atoms with van der Waals surface area (Å²) in [6.45, 7) is 8.13. The Bertz CT molecular complexity index is 1020. The van der Waals surface area contributed by atoms with Crippen LogP contribution in [0, 0.1) is 6.92 Å². The van der Waals surface area contributed by atoms with Crippen molar-refractivity contribution >= 4 is 38.9 Å². The first kappa shape index (κ1) is 22.6. The lowest BCUT2D eigenvalue weighted by molar-refractivity contribution is -0.136. The van der Waals surface area contributed by atoms with Crippen LogP contribution in [0.15, 0.2) is 34.5 Å². The second-order valence-electron chi connectivity index (χ2n) is 8.82. The highest BCUT2D eigenvalue weighted by Crippen LogP contribution is 2.34. The van der Waals surface area contributed by atoms with Gasteiger partial charge in [-0.3, -0.25) is 9.47 Å². The fraction of sp³-hybridized carbons (Fsp3) is 0.478. The predicted molar refractivity (Wildman–Crippen MR) is 121 cm³/mol. The fourth-order valence-corrected chi connectivity index (χ4v) is 4.45. The molecular formula is C23H29BrN2O4. The second kappa shape index (κ2) is 8.55. The lowest BCUT2D eigenvalue weighted by Gasteiger charge is -2.31. The molecule has 0 N–H and O–H groups in total. The highest BCUT2D eigenvalue weighted by atomic mass is 79.9. The van der Waals surface area contributed by atoms with E-state index in [9.17, 15) is 9.59 Å². The molecule has 0 fully saturated rings. The lowest BCUT2D eigenvalue weighted by Crippen LogP contribution is -2.39. The molecule has 0 saturated carbocycles. The van der Waals surface area contributed by atoms with E-state index >= 15 is 0 Å². The third-order valence-electron chi connectivity index (χ3n) is 5.35. The minimum Gasteiger partial charge on any atom is -0.466 e. The molecule has 1 aliphatic heterocycles. The van der Waals surface area contributed by atoms with Crippen LogP contribution in [0.5, 0.6) is 0 Å². The SMILES string of the molecule is COC(=O)C1=CC[C@@H](Cc2cn(C(=O)OC(C)(C)C)c3c(C)ccc(Br)c23)N(C)C1. The number of esters is 1. The first-order valence-corrected chi connectivity index (χ1v) is 10.8. The number of methoxy groups -OCH3 is 1. The van der Waals surface area contributed by atoms with Gasteiger partial charge in [-0.05, 0) is 64.8 Å². The molecule has 1 aromatic carbocycles. The topological polar surface area (TPSA) is 60.8 Å². The molecule has 30 heavy (non-hydrogen) atoms. The zero-order valence-electron chi connectivity index (χ0n) is 18.4. The zero-order chi connectivity index (χ0) is 22.2. The Labute approximate surface area is 185 Å². The van der Waals surface area contributed by atoms with Gasteiger partial charge in [-0.2, -0.15) is 0 Å². The van der Waals surface area contributed by atoms with Crippen molar-refractivity contribution in [2.45, 2.75) is 52.2 Å². The second-order valence-corrected chi connectivity index (χ2v) is 9.68. The highest BCUT2D eigenvalue weighted by molar-refractivity contribution is 9.10. The summed E-state index contributed by atoms with van der Waals surface area (Å²) in [6, 6.07) is 4.22. The molecule has 0 unspecified atom stereocenters. The molecule has 0 bridgehead atoms. The van der Waals surface area contributed by atoms with E-state index in [0.29, 0.717) is 12.1 Å². The Balaban J connectivity index is 1.99. The fourth-order valence-electron chi connectivity index (χ4n) is 3.87. The molecule has 1 aromatic heterocycles. The van der Waals surface area contributed by atoms with Gasteiger partial charge in [-0.25, -0.2) is 9.59 Å². The first-order valence-electron chi connectivity index (χ1n) is 10.0. The van der Waals surface area contributed by atoms with Crippen molar-refractivity contribution in [3.63, 3.8) is 0 Å². The Hall–Kier alpha value is -2.12. The molecule has 1 atom stereocenters. The highest BCUT2D eigenvalue weighted by Gasteiger charge is 2.27. The monoisotopic (exact) mass is 476 g/mol. The third kappa shape index (κ3) is 4.62. The maximum atomic E-state index is 12.9. The van der Waals surface area contributed by atoms with Gasteiger partial charge in [0.25, 0.3) is 0 Å². The van der Waals surface area contributed by atoms with Gasteiger partial charge in [0, 0.05) is 34.2 Å². The summed E-state index contributed by atoms with van der Waals surface area (Å²) < 4.78 is 13.1. The average Bonchev–Trinajstić information content (AvgIpc) is 3.05. The number of carbonyl (C=O) groups is 2. The number of rotatable bonds is 3. The van der Waals surface area contributed by atoms with E-state index in [0.717, 1.165) is 39.3 Å². The molecular weight excluding hydrogens is 448 g/mol. The first-order chi connectivity index (χ1) is 14.0. The van der Waals surface area contributed by atoms with Crippen LogP contribution in [0.4, 0.5) is 4.79 Å². The maximum Gasteiger partial charge on any atom is 0.419 e. The summed E-state index contributed by atoms with van der Waals surface area (Å²) in [6.07, 6.45) is 4.96. The Kier molecular flexibility index (Phi) is 6.43. The van der Waals surface area contributed by atoms with Crippen LogP contribution in [0.1, 0.15) is 38.3 Å². The van der Waals surface area contributed by atoms with Crippen LogP contribution in [-0.4, -0.2) is 53.9 Å². The van der Waals surface area contributed by atoms with Crippen LogP contribution in [0.25, 0.3) is 10.9 Å². The van der Waals surface area contributed by atoms with Crippen LogP contribution in [0.2, 0.25) is 0 Å². The summed E-state index contributed by atoms with van der Waals surface area (Å²) in [5, 5.41) is 1.03. The summed E-state index contributed by atoms with van der Waals surface area (Å²) in [5.41, 5.74) is 3.04. The van der Waals surface area contributed by atoms with Gasteiger partial charge in [-0.15, -0.1) is 0 Å². The number of nitrogens with zero attached hydrogens (tertiary/aromatic N) is 2. The number of hydrogen-bond acceptors (Lipinski definition) is 5. The van der Waals surface area contributed by atoms with E-state index in [-0.39, 0.29) is 18.1 Å². The molecule has 162 valence electrons.